The van der Waals surface area contributed by atoms with Crippen molar-refractivity contribution in [3.05, 3.63) is 145 Å². The van der Waals surface area contributed by atoms with Gasteiger partial charge in [-0.2, -0.15) is 26.3 Å². The van der Waals surface area contributed by atoms with Crippen molar-refractivity contribution in [1.29, 1.82) is 0 Å². The minimum Gasteiger partial charge on any atom is -0.245 e. The molecule has 0 unspecified atom stereocenters. The fourth-order valence-corrected chi connectivity index (χ4v) is 5.69. The Morgan fingerprint density at radius 1 is 0.383 bits per heavy atom. The Kier molecular flexibility index (Phi) is 8.48. The maximum absolute atomic E-state index is 13.7. The van der Waals surface area contributed by atoms with Crippen molar-refractivity contribution in [2.45, 2.75) is 12.4 Å². The van der Waals surface area contributed by atoms with Gasteiger partial charge in [0.05, 0.1) is 33.5 Å². The third-order valence-corrected chi connectivity index (χ3v) is 7.90. The van der Waals surface area contributed by atoms with Gasteiger partial charge >= 0.3 is 12.4 Å². The Labute approximate surface area is 279 Å². The van der Waals surface area contributed by atoms with Gasteiger partial charge in [0.25, 0.3) is 0 Å². The van der Waals surface area contributed by atoms with Crippen LogP contribution >= 0.6 is 0 Å². The number of halogens is 6. The summed E-state index contributed by atoms with van der Waals surface area (Å²) in [5, 5.41) is 1.39. The number of alkyl halides is 6. The van der Waals surface area contributed by atoms with Crippen molar-refractivity contribution < 1.29 is 46.8 Å². The minimum atomic E-state index is -4.55. The van der Waals surface area contributed by atoms with Crippen LogP contribution in [0.4, 0.5) is 26.3 Å². The number of rotatable bonds is 4. The van der Waals surface area contributed by atoms with Crippen LogP contribution in [-0.2, 0) is 32.8 Å². The topological polar surface area (TPSA) is 25.8 Å². The monoisotopic (exact) mass is 807 g/mol. The molecule has 0 amide bonds. The zero-order valence-electron chi connectivity index (χ0n) is 24.2. The molecule has 7 rings (SSSR count). The van der Waals surface area contributed by atoms with Gasteiger partial charge in [0.15, 0.2) is 0 Å². The molecule has 47 heavy (non-hydrogen) atoms. The maximum atomic E-state index is 13.7. The summed E-state index contributed by atoms with van der Waals surface area (Å²) in [6.07, 6.45) is -9.10. The van der Waals surface area contributed by atoms with Gasteiger partial charge in [-0.3, -0.25) is 0 Å². The quantitative estimate of drug-likeness (QED) is 0.131. The first-order valence-corrected chi connectivity index (χ1v) is 14.3. The first kappa shape index (κ1) is 32.1. The average molecular weight is 807 g/mol. The number of fused-ring (bicyclic) bond motifs is 3. The Balaban J connectivity index is 0.00000386. The van der Waals surface area contributed by atoms with Gasteiger partial charge < -0.3 is 0 Å². The summed E-state index contributed by atoms with van der Waals surface area (Å²) in [6, 6.07) is 36.1. The van der Waals surface area contributed by atoms with Gasteiger partial charge in [-0.1, -0.05) is 97.1 Å². The molecule has 1 radical (unpaired) electrons. The zero-order valence-corrected chi connectivity index (χ0v) is 27.0. The average Bonchev–Trinajstić information content (AvgIpc) is 3.07. The first-order chi connectivity index (χ1) is 22.1. The van der Waals surface area contributed by atoms with Crippen LogP contribution in [0.3, 0.4) is 0 Å². The number of pyridine rings is 2. The van der Waals surface area contributed by atoms with Gasteiger partial charge in [0.1, 0.15) is 0 Å². The van der Waals surface area contributed by atoms with Crippen LogP contribution in [0.1, 0.15) is 11.1 Å². The Hall–Kier alpha value is -4.84. The SMILES string of the molecule is FC(F)(F)c1cccc(-c2cc(-c3ccccc3)c3ccc4c(-c5ccccc5)cc(-c5cccc(C(F)(F)F)c5)nc4c3n2)c1.[Re]. The normalized spacial score (nSPS) is 11.9. The second kappa shape index (κ2) is 12.4. The molecule has 0 aliphatic carbocycles. The molecule has 5 aromatic carbocycles. The van der Waals surface area contributed by atoms with Crippen LogP contribution in [0, 0.1) is 0 Å². The van der Waals surface area contributed by atoms with Gasteiger partial charge in [0.2, 0.25) is 0 Å². The fourth-order valence-electron chi connectivity index (χ4n) is 5.69. The molecular weight excluding hydrogens is 785 g/mol. The van der Waals surface area contributed by atoms with Gasteiger partial charge in [-0.05, 0) is 58.7 Å². The zero-order chi connectivity index (χ0) is 32.1. The summed E-state index contributed by atoms with van der Waals surface area (Å²) < 4.78 is 82.2. The van der Waals surface area contributed by atoms with E-state index in [1.54, 1.807) is 24.3 Å². The van der Waals surface area contributed by atoms with E-state index in [0.717, 1.165) is 46.5 Å². The Bertz CT molecular complexity index is 2070. The number of hydrogen-bond donors (Lipinski definition) is 0. The van der Waals surface area contributed by atoms with Crippen molar-refractivity contribution >= 4 is 21.8 Å². The molecule has 233 valence electrons. The Morgan fingerprint density at radius 3 is 1.11 bits per heavy atom. The molecule has 2 heterocycles. The Morgan fingerprint density at radius 2 is 0.745 bits per heavy atom. The van der Waals surface area contributed by atoms with E-state index in [-0.39, 0.29) is 31.5 Å². The maximum Gasteiger partial charge on any atom is 0.416 e. The summed E-state index contributed by atoms with van der Waals surface area (Å²) in [5.74, 6) is 0. The predicted molar refractivity (Wildman–Crippen MR) is 169 cm³/mol. The largest absolute Gasteiger partial charge is 0.416 e. The van der Waals surface area contributed by atoms with Crippen molar-refractivity contribution in [2.24, 2.45) is 0 Å². The summed E-state index contributed by atoms with van der Waals surface area (Å²) in [5.41, 5.74) is 3.46. The smallest absolute Gasteiger partial charge is 0.245 e. The molecule has 2 nitrogen and oxygen atoms in total. The molecule has 9 heteroatoms. The van der Waals surface area contributed by atoms with Crippen LogP contribution in [-0.4, -0.2) is 9.97 Å². The van der Waals surface area contributed by atoms with E-state index in [4.69, 9.17) is 9.97 Å². The van der Waals surface area contributed by atoms with Crippen LogP contribution < -0.4 is 0 Å². The molecule has 0 fully saturated rings. The van der Waals surface area contributed by atoms with Gasteiger partial charge in [0, 0.05) is 42.3 Å². The summed E-state index contributed by atoms with van der Waals surface area (Å²) in [7, 11) is 0. The predicted octanol–water partition coefficient (Wildman–Crippen LogP) is 11.5. The summed E-state index contributed by atoms with van der Waals surface area (Å²) >= 11 is 0. The third kappa shape index (κ3) is 6.29. The standard InChI is InChI=1S/C38H22F6N2.Re/c39-37(40,41)27-15-7-13-25(19-27)33-21-31(23-9-3-1-4-10-23)29-17-18-30-32(24-11-5-2-6-12-24)22-34(46-36(30)35(29)45-33)26-14-8-16-28(20-26)38(42,43)44;/h1-22H;. The molecule has 0 saturated carbocycles. The van der Waals surface area contributed by atoms with Crippen molar-refractivity contribution in [1.82, 2.24) is 9.97 Å². The summed E-state index contributed by atoms with van der Waals surface area (Å²) in [4.78, 5) is 9.80. The summed E-state index contributed by atoms with van der Waals surface area (Å²) in [6.45, 7) is 0. The van der Waals surface area contributed by atoms with E-state index in [1.165, 1.54) is 12.1 Å². The molecule has 7 aromatic rings. The molecular formula is C38H22F6N2Re. The van der Waals surface area contributed by atoms with Crippen LogP contribution in [0.15, 0.2) is 133 Å². The van der Waals surface area contributed by atoms with E-state index in [0.29, 0.717) is 33.2 Å². The van der Waals surface area contributed by atoms with E-state index >= 15 is 0 Å². The van der Waals surface area contributed by atoms with Crippen molar-refractivity contribution in [3.8, 4) is 44.8 Å². The third-order valence-electron chi connectivity index (χ3n) is 7.90. The number of hydrogen-bond acceptors (Lipinski definition) is 2. The molecule has 2 aromatic heterocycles. The molecule has 0 bridgehead atoms. The molecule has 0 aliphatic rings. The van der Waals surface area contributed by atoms with Gasteiger partial charge in [-0.25, -0.2) is 9.97 Å². The second-order valence-corrected chi connectivity index (χ2v) is 10.9. The van der Waals surface area contributed by atoms with E-state index in [9.17, 15) is 26.3 Å². The molecule has 0 N–H and O–H groups in total. The minimum absolute atomic E-state index is 0. The first-order valence-electron chi connectivity index (χ1n) is 14.3. The number of benzene rings is 5. The molecule has 0 aliphatic heterocycles. The van der Waals surface area contributed by atoms with E-state index in [2.05, 4.69) is 0 Å². The molecule has 0 spiro atoms. The van der Waals surface area contributed by atoms with Crippen LogP contribution in [0.5, 0.6) is 0 Å². The van der Waals surface area contributed by atoms with Crippen molar-refractivity contribution in [2.75, 3.05) is 0 Å². The van der Waals surface area contributed by atoms with Crippen LogP contribution in [0.25, 0.3) is 66.6 Å². The van der Waals surface area contributed by atoms with E-state index in [1.807, 2.05) is 72.8 Å². The van der Waals surface area contributed by atoms with Crippen molar-refractivity contribution in [3.63, 3.8) is 0 Å². The van der Waals surface area contributed by atoms with Crippen LogP contribution in [0.2, 0.25) is 0 Å². The fraction of sp³-hybridized carbons (Fsp3) is 0.0526. The molecule has 0 atom stereocenters. The van der Waals surface area contributed by atoms with E-state index < -0.39 is 23.5 Å². The second-order valence-electron chi connectivity index (χ2n) is 10.9. The number of nitrogens with zero attached hydrogens (tertiary/aromatic N) is 2. The van der Waals surface area contributed by atoms with Gasteiger partial charge in [-0.15, -0.1) is 0 Å². The molecule has 0 saturated heterocycles. The number of aromatic nitrogens is 2.